The van der Waals surface area contributed by atoms with Crippen molar-refractivity contribution in [2.24, 2.45) is 5.92 Å². The fourth-order valence-electron chi connectivity index (χ4n) is 5.12. The van der Waals surface area contributed by atoms with E-state index in [0.717, 1.165) is 44.5 Å². The molecule has 1 N–H and O–H groups in total. The van der Waals surface area contributed by atoms with Crippen LogP contribution in [0.4, 0.5) is 28.0 Å². The van der Waals surface area contributed by atoms with Crippen LogP contribution in [0.25, 0.3) is 0 Å². The number of nitrogens with one attached hydrogen (secondary N) is 1. The molecular formula is C27H31F4N5O. The number of carbonyl (C=O) groups excluding carboxylic acids is 1. The van der Waals surface area contributed by atoms with Crippen molar-refractivity contribution in [3.63, 3.8) is 0 Å². The van der Waals surface area contributed by atoms with Gasteiger partial charge in [-0.15, -0.1) is 0 Å². The molecule has 2 aliphatic rings. The van der Waals surface area contributed by atoms with Crippen LogP contribution >= 0.6 is 0 Å². The van der Waals surface area contributed by atoms with E-state index in [1.807, 2.05) is 13.0 Å². The number of hydrogen-bond donors (Lipinski definition) is 1. The second-order valence-corrected chi connectivity index (χ2v) is 9.87. The van der Waals surface area contributed by atoms with Gasteiger partial charge in [-0.2, -0.15) is 5.26 Å². The van der Waals surface area contributed by atoms with Gasteiger partial charge in [0.25, 0.3) is 0 Å². The molecule has 0 bridgehead atoms. The summed E-state index contributed by atoms with van der Waals surface area (Å²) in [5.41, 5.74) is 1.17. The van der Waals surface area contributed by atoms with Crippen molar-refractivity contribution < 1.29 is 22.4 Å². The number of anilines is 1. The number of amides is 2. The third-order valence-corrected chi connectivity index (χ3v) is 7.33. The van der Waals surface area contributed by atoms with Gasteiger partial charge >= 0.3 is 6.03 Å². The lowest BCUT2D eigenvalue weighted by molar-refractivity contribution is 0.162. The fraction of sp³-hybridized carbons (Fsp3) is 0.481. The summed E-state index contributed by atoms with van der Waals surface area (Å²) < 4.78 is 54.7. The molecule has 37 heavy (non-hydrogen) atoms. The minimum absolute atomic E-state index is 0.169. The Balaban J connectivity index is 1.17. The summed E-state index contributed by atoms with van der Waals surface area (Å²) in [6.07, 6.45) is 2.79. The average molecular weight is 518 g/mol. The number of rotatable bonds is 6. The summed E-state index contributed by atoms with van der Waals surface area (Å²) in [6.45, 7) is 5.80. The van der Waals surface area contributed by atoms with E-state index in [4.69, 9.17) is 5.26 Å². The van der Waals surface area contributed by atoms with E-state index in [-0.39, 0.29) is 23.6 Å². The van der Waals surface area contributed by atoms with E-state index in [9.17, 15) is 22.4 Å². The highest BCUT2D eigenvalue weighted by Gasteiger charge is 2.29. The quantitative estimate of drug-likeness (QED) is 0.448. The third-order valence-electron chi connectivity index (χ3n) is 7.33. The van der Waals surface area contributed by atoms with Gasteiger partial charge in [-0.1, -0.05) is 6.07 Å². The summed E-state index contributed by atoms with van der Waals surface area (Å²) >= 11 is 0. The van der Waals surface area contributed by atoms with Gasteiger partial charge in [0.05, 0.1) is 11.6 Å². The molecule has 1 atom stereocenters. The molecule has 2 amide bonds. The van der Waals surface area contributed by atoms with Gasteiger partial charge < -0.3 is 15.1 Å². The number of likely N-dealkylation sites (tertiary alicyclic amines) is 1. The molecule has 2 heterocycles. The Morgan fingerprint density at radius 1 is 1.03 bits per heavy atom. The van der Waals surface area contributed by atoms with Crippen molar-refractivity contribution in [3.8, 4) is 6.07 Å². The molecular weight excluding hydrogens is 486 g/mol. The van der Waals surface area contributed by atoms with E-state index in [0.29, 0.717) is 49.8 Å². The van der Waals surface area contributed by atoms with Gasteiger partial charge in [-0.3, -0.25) is 4.90 Å². The number of piperidine rings is 1. The zero-order valence-corrected chi connectivity index (χ0v) is 20.8. The molecule has 0 spiro atoms. The highest BCUT2D eigenvalue weighted by molar-refractivity contribution is 5.75. The van der Waals surface area contributed by atoms with Crippen molar-refractivity contribution >= 4 is 11.7 Å². The minimum Gasteiger partial charge on any atom is -0.368 e. The van der Waals surface area contributed by atoms with E-state index >= 15 is 0 Å². The number of nitriles is 1. The highest BCUT2D eigenvalue weighted by Crippen LogP contribution is 2.25. The summed E-state index contributed by atoms with van der Waals surface area (Å²) in [4.78, 5) is 18.4. The topological polar surface area (TPSA) is 62.6 Å². The van der Waals surface area contributed by atoms with Crippen LogP contribution in [0.5, 0.6) is 0 Å². The molecule has 2 saturated heterocycles. The van der Waals surface area contributed by atoms with Gasteiger partial charge in [0.15, 0.2) is 17.5 Å². The number of carbonyl (C=O) groups is 1. The van der Waals surface area contributed by atoms with Gasteiger partial charge in [0.1, 0.15) is 5.82 Å². The normalized spacial score (nSPS) is 19.1. The largest absolute Gasteiger partial charge is 0.368 e. The molecule has 2 aromatic carbocycles. The average Bonchev–Trinajstić information content (AvgIpc) is 2.89. The standard InChI is InChI=1S/C27H31F4N5O/c1-18-16-35(22-13-24(29)26(31)25(30)14-22)10-11-36(18)27(37)33-7-4-19-5-8-34(9-6-19)17-21-3-2-20(15-32)12-23(21)28/h2-3,12-14,18-19H,4-11,16-17H2,1H3,(H,33,37)/t18-/m1/s1. The molecule has 0 aromatic heterocycles. The number of nitrogens with zero attached hydrogens (tertiary/aromatic N) is 4. The number of piperazine rings is 1. The molecule has 0 saturated carbocycles. The molecule has 0 aliphatic carbocycles. The Morgan fingerprint density at radius 2 is 1.73 bits per heavy atom. The van der Waals surface area contributed by atoms with Crippen LogP contribution in [-0.4, -0.2) is 61.1 Å². The van der Waals surface area contributed by atoms with Crippen LogP contribution in [0.15, 0.2) is 30.3 Å². The maximum Gasteiger partial charge on any atom is 0.317 e. The fourth-order valence-corrected chi connectivity index (χ4v) is 5.12. The Kier molecular flexibility index (Phi) is 8.54. The molecule has 0 radical (unpaired) electrons. The van der Waals surface area contributed by atoms with Crippen molar-refractivity contribution in [1.29, 1.82) is 5.26 Å². The van der Waals surface area contributed by atoms with Gasteiger partial charge in [0, 0.05) is 62.1 Å². The SMILES string of the molecule is C[C@@H]1CN(c2cc(F)c(F)c(F)c2)CCN1C(=O)NCCC1CCN(Cc2ccc(C#N)cc2F)CC1. The maximum absolute atomic E-state index is 14.2. The first-order chi connectivity index (χ1) is 17.7. The molecule has 2 aromatic rings. The molecule has 6 nitrogen and oxygen atoms in total. The summed E-state index contributed by atoms with van der Waals surface area (Å²) in [7, 11) is 0. The van der Waals surface area contributed by atoms with Gasteiger partial charge in [0.2, 0.25) is 0 Å². The number of hydrogen-bond acceptors (Lipinski definition) is 4. The lowest BCUT2D eigenvalue weighted by atomic mass is 9.93. The van der Waals surface area contributed by atoms with Crippen molar-refractivity contribution in [2.75, 3.05) is 44.2 Å². The van der Waals surface area contributed by atoms with E-state index in [2.05, 4.69) is 10.2 Å². The maximum atomic E-state index is 14.2. The second-order valence-electron chi connectivity index (χ2n) is 9.87. The number of benzene rings is 2. The van der Waals surface area contributed by atoms with Crippen molar-refractivity contribution in [3.05, 3.63) is 64.7 Å². The lowest BCUT2D eigenvalue weighted by Crippen LogP contribution is -2.56. The molecule has 4 rings (SSSR count). The Morgan fingerprint density at radius 3 is 2.35 bits per heavy atom. The third kappa shape index (κ3) is 6.52. The summed E-state index contributed by atoms with van der Waals surface area (Å²) in [5, 5.41) is 11.9. The van der Waals surface area contributed by atoms with Crippen LogP contribution in [0.1, 0.15) is 37.3 Å². The Hall–Kier alpha value is -3.32. The minimum atomic E-state index is -1.49. The summed E-state index contributed by atoms with van der Waals surface area (Å²) in [6, 6.07) is 8.13. The molecule has 2 fully saturated rings. The Labute approximate surface area is 214 Å². The van der Waals surface area contributed by atoms with E-state index in [1.54, 1.807) is 21.9 Å². The first-order valence-corrected chi connectivity index (χ1v) is 12.6. The molecule has 198 valence electrons. The van der Waals surface area contributed by atoms with E-state index < -0.39 is 17.5 Å². The molecule has 2 aliphatic heterocycles. The zero-order chi connectivity index (χ0) is 26.5. The lowest BCUT2D eigenvalue weighted by Gasteiger charge is -2.41. The number of halogens is 4. The smallest absolute Gasteiger partial charge is 0.317 e. The van der Waals surface area contributed by atoms with Crippen LogP contribution < -0.4 is 10.2 Å². The predicted octanol–water partition coefficient (Wildman–Crippen LogP) is 4.64. The first kappa shape index (κ1) is 26.7. The van der Waals surface area contributed by atoms with Gasteiger partial charge in [-0.05, 0) is 57.3 Å². The van der Waals surface area contributed by atoms with E-state index in [1.165, 1.54) is 6.07 Å². The van der Waals surface area contributed by atoms with Crippen LogP contribution in [0.3, 0.4) is 0 Å². The predicted molar refractivity (Wildman–Crippen MR) is 132 cm³/mol. The number of urea groups is 1. The molecule has 10 heteroatoms. The van der Waals surface area contributed by atoms with Crippen LogP contribution in [0.2, 0.25) is 0 Å². The molecule has 0 unspecified atom stereocenters. The summed E-state index contributed by atoms with van der Waals surface area (Å²) in [5.74, 6) is -3.82. The monoisotopic (exact) mass is 517 g/mol. The van der Waals surface area contributed by atoms with Crippen molar-refractivity contribution in [2.45, 2.75) is 38.8 Å². The van der Waals surface area contributed by atoms with Crippen LogP contribution in [0, 0.1) is 40.5 Å². The highest BCUT2D eigenvalue weighted by atomic mass is 19.2. The van der Waals surface area contributed by atoms with Crippen LogP contribution in [-0.2, 0) is 6.54 Å². The van der Waals surface area contributed by atoms with Gasteiger partial charge in [-0.25, -0.2) is 22.4 Å². The Bertz CT molecular complexity index is 1140. The van der Waals surface area contributed by atoms with Crippen molar-refractivity contribution in [1.82, 2.24) is 15.1 Å². The first-order valence-electron chi connectivity index (χ1n) is 12.6. The second kappa shape index (κ2) is 11.8. The zero-order valence-electron chi connectivity index (χ0n) is 20.8.